The van der Waals surface area contributed by atoms with Crippen molar-refractivity contribution in [3.05, 3.63) is 68.2 Å². The fraction of sp³-hybridized carbons (Fsp3) is 0.0667. The lowest BCUT2D eigenvalue weighted by atomic mass is 10.1. The van der Waals surface area contributed by atoms with Crippen molar-refractivity contribution >= 4 is 44.7 Å². The van der Waals surface area contributed by atoms with Gasteiger partial charge in [-0.05, 0) is 24.3 Å². The quantitative estimate of drug-likeness (QED) is 0.574. The summed E-state index contributed by atoms with van der Waals surface area (Å²) in [6.07, 6.45) is 0. The summed E-state index contributed by atoms with van der Waals surface area (Å²) < 4.78 is 1.02. The lowest BCUT2D eigenvalue weighted by Gasteiger charge is -2.04. The van der Waals surface area contributed by atoms with Crippen LogP contribution in [0.2, 0.25) is 5.02 Å². The molecule has 0 aliphatic carbocycles. The molecule has 0 saturated heterocycles. The van der Waals surface area contributed by atoms with Gasteiger partial charge in [0, 0.05) is 11.1 Å². The van der Waals surface area contributed by atoms with Gasteiger partial charge in [0.05, 0.1) is 21.7 Å². The van der Waals surface area contributed by atoms with Crippen LogP contribution in [-0.4, -0.2) is 15.8 Å². The summed E-state index contributed by atoms with van der Waals surface area (Å²) in [6.45, 7) is 0.196. The summed E-state index contributed by atoms with van der Waals surface area (Å²) in [4.78, 5) is 27.0. The third kappa shape index (κ3) is 3.30. The van der Waals surface area contributed by atoms with Crippen molar-refractivity contribution in [3.8, 4) is 0 Å². The maximum Gasteiger partial charge on any atom is 0.282 e. The zero-order chi connectivity index (χ0) is 16.4. The van der Waals surface area contributed by atoms with Crippen molar-refractivity contribution in [1.29, 1.82) is 0 Å². The van der Waals surface area contributed by atoms with Crippen LogP contribution >= 0.6 is 22.9 Å². The summed E-state index contributed by atoms with van der Waals surface area (Å²) in [5, 5.41) is 14.6. The molecule has 23 heavy (non-hydrogen) atoms. The van der Waals surface area contributed by atoms with Crippen molar-refractivity contribution in [3.63, 3.8) is 0 Å². The standard InChI is InChI=1S/C15H10ClN3O3S/c16-9-5-6-12(19(21)22)10(7-9)15(20)17-8-14-18-11-3-1-2-4-13(11)23-14/h1-7H,8H2,(H,17,20). The Balaban J connectivity index is 1.79. The normalized spacial score (nSPS) is 10.7. The number of benzene rings is 2. The molecule has 0 spiro atoms. The van der Waals surface area contributed by atoms with Gasteiger partial charge >= 0.3 is 0 Å². The molecular weight excluding hydrogens is 338 g/mol. The molecule has 3 rings (SSSR count). The van der Waals surface area contributed by atoms with Crippen LogP contribution < -0.4 is 5.32 Å². The number of nitrogens with zero attached hydrogens (tertiary/aromatic N) is 2. The highest BCUT2D eigenvalue weighted by Crippen LogP contribution is 2.24. The lowest BCUT2D eigenvalue weighted by molar-refractivity contribution is -0.385. The molecule has 1 N–H and O–H groups in total. The van der Waals surface area contributed by atoms with E-state index in [0.717, 1.165) is 15.2 Å². The molecule has 0 unspecified atom stereocenters. The summed E-state index contributed by atoms with van der Waals surface area (Å²) in [5.74, 6) is -0.557. The van der Waals surface area contributed by atoms with Crippen LogP contribution in [0.4, 0.5) is 5.69 Å². The van der Waals surface area contributed by atoms with Crippen LogP contribution in [0.1, 0.15) is 15.4 Å². The van der Waals surface area contributed by atoms with Gasteiger partial charge in [-0.15, -0.1) is 11.3 Å². The number of hydrogen-bond donors (Lipinski definition) is 1. The largest absolute Gasteiger partial charge is 0.345 e. The number of amides is 1. The van der Waals surface area contributed by atoms with Crippen molar-refractivity contribution in [1.82, 2.24) is 10.3 Å². The molecule has 0 radical (unpaired) electrons. The fourth-order valence-corrected chi connectivity index (χ4v) is 3.18. The Morgan fingerprint density at radius 1 is 1.30 bits per heavy atom. The van der Waals surface area contributed by atoms with E-state index in [4.69, 9.17) is 11.6 Å². The second-order valence-electron chi connectivity index (χ2n) is 4.68. The second kappa shape index (κ2) is 6.31. The van der Waals surface area contributed by atoms with E-state index < -0.39 is 10.8 Å². The van der Waals surface area contributed by atoms with E-state index in [1.54, 1.807) is 0 Å². The Hall–Kier alpha value is -2.51. The van der Waals surface area contributed by atoms with Crippen molar-refractivity contribution < 1.29 is 9.72 Å². The average molecular weight is 348 g/mol. The van der Waals surface area contributed by atoms with E-state index in [9.17, 15) is 14.9 Å². The number of rotatable bonds is 4. The van der Waals surface area contributed by atoms with Gasteiger partial charge in [0.15, 0.2) is 0 Å². The van der Waals surface area contributed by atoms with Gasteiger partial charge < -0.3 is 5.32 Å². The lowest BCUT2D eigenvalue weighted by Crippen LogP contribution is -2.23. The average Bonchev–Trinajstić information content (AvgIpc) is 2.95. The van der Waals surface area contributed by atoms with Crippen LogP contribution in [0, 0.1) is 10.1 Å². The van der Waals surface area contributed by atoms with Crippen molar-refractivity contribution in [2.45, 2.75) is 6.54 Å². The molecule has 0 atom stereocenters. The number of hydrogen-bond acceptors (Lipinski definition) is 5. The number of carbonyl (C=O) groups is 1. The highest BCUT2D eigenvalue weighted by atomic mass is 35.5. The maximum absolute atomic E-state index is 12.2. The molecule has 6 nitrogen and oxygen atoms in total. The van der Waals surface area contributed by atoms with Crippen molar-refractivity contribution in [2.24, 2.45) is 0 Å². The Labute approximate surface area is 139 Å². The molecule has 3 aromatic rings. The van der Waals surface area contributed by atoms with Crippen LogP contribution in [0.25, 0.3) is 10.2 Å². The Kier molecular flexibility index (Phi) is 4.22. The molecule has 1 aromatic heterocycles. The van der Waals surface area contributed by atoms with Crippen molar-refractivity contribution in [2.75, 3.05) is 0 Å². The van der Waals surface area contributed by atoms with E-state index in [2.05, 4.69) is 10.3 Å². The van der Waals surface area contributed by atoms with Gasteiger partial charge in [0.1, 0.15) is 10.6 Å². The molecule has 116 valence electrons. The fourth-order valence-electron chi connectivity index (χ4n) is 2.10. The number of halogens is 1. The number of aromatic nitrogens is 1. The third-order valence-electron chi connectivity index (χ3n) is 3.14. The topological polar surface area (TPSA) is 85.1 Å². The van der Waals surface area contributed by atoms with Gasteiger partial charge in [-0.1, -0.05) is 23.7 Å². The first kappa shape index (κ1) is 15.4. The minimum atomic E-state index is -0.608. The molecule has 0 saturated carbocycles. The zero-order valence-corrected chi connectivity index (χ0v) is 13.2. The molecule has 2 aromatic carbocycles. The SMILES string of the molecule is O=C(NCc1nc2ccccc2s1)c1cc(Cl)ccc1[N+](=O)[O-]. The Bertz CT molecular complexity index is 877. The first-order chi connectivity index (χ1) is 11.0. The minimum absolute atomic E-state index is 0.0661. The second-order valence-corrected chi connectivity index (χ2v) is 6.23. The number of nitrogens with one attached hydrogen (secondary N) is 1. The molecule has 8 heteroatoms. The highest BCUT2D eigenvalue weighted by molar-refractivity contribution is 7.18. The molecule has 0 bridgehead atoms. The molecule has 0 aliphatic rings. The molecule has 1 heterocycles. The maximum atomic E-state index is 12.2. The van der Waals surface area contributed by atoms with Gasteiger partial charge in [-0.3, -0.25) is 14.9 Å². The first-order valence-corrected chi connectivity index (χ1v) is 7.80. The molecular formula is C15H10ClN3O3S. The summed E-state index contributed by atoms with van der Waals surface area (Å²) in [6, 6.07) is 11.5. The van der Waals surface area contributed by atoms with Gasteiger partial charge in [0.25, 0.3) is 11.6 Å². The van der Waals surface area contributed by atoms with E-state index in [0.29, 0.717) is 0 Å². The molecule has 1 amide bonds. The zero-order valence-electron chi connectivity index (χ0n) is 11.7. The van der Waals surface area contributed by atoms with Gasteiger partial charge in [-0.2, -0.15) is 0 Å². The summed E-state index contributed by atoms with van der Waals surface area (Å²) in [7, 11) is 0. The smallest absolute Gasteiger partial charge is 0.282 e. The summed E-state index contributed by atoms with van der Waals surface area (Å²) >= 11 is 7.29. The number of nitro groups is 1. The van der Waals surface area contributed by atoms with E-state index in [1.165, 1.54) is 29.5 Å². The number of para-hydroxylation sites is 1. The molecule has 0 fully saturated rings. The minimum Gasteiger partial charge on any atom is -0.345 e. The van der Waals surface area contributed by atoms with Gasteiger partial charge in [-0.25, -0.2) is 4.98 Å². The Morgan fingerprint density at radius 3 is 2.83 bits per heavy atom. The predicted molar refractivity (Wildman–Crippen MR) is 88.9 cm³/mol. The number of thiazole rings is 1. The van der Waals surface area contributed by atoms with E-state index in [1.807, 2.05) is 24.3 Å². The summed E-state index contributed by atoms with van der Waals surface area (Å²) in [5.41, 5.74) is 0.510. The third-order valence-corrected chi connectivity index (χ3v) is 4.41. The first-order valence-electron chi connectivity index (χ1n) is 6.61. The van der Waals surface area contributed by atoms with Crippen LogP contribution in [-0.2, 0) is 6.54 Å². The van der Waals surface area contributed by atoms with Gasteiger partial charge in [0.2, 0.25) is 0 Å². The number of carbonyl (C=O) groups excluding carboxylic acids is 1. The molecule has 0 aliphatic heterocycles. The van der Waals surface area contributed by atoms with Crippen LogP contribution in [0.3, 0.4) is 0 Å². The Morgan fingerprint density at radius 2 is 2.09 bits per heavy atom. The van der Waals surface area contributed by atoms with E-state index in [-0.39, 0.29) is 22.8 Å². The van der Waals surface area contributed by atoms with Crippen LogP contribution in [0.15, 0.2) is 42.5 Å². The number of nitro benzene ring substituents is 1. The van der Waals surface area contributed by atoms with E-state index >= 15 is 0 Å². The number of fused-ring (bicyclic) bond motifs is 1. The monoisotopic (exact) mass is 347 g/mol. The highest BCUT2D eigenvalue weighted by Gasteiger charge is 2.20. The predicted octanol–water partition coefficient (Wildman–Crippen LogP) is 3.79. The van der Waals surface area contributed by atoms with Crippen LogP contribution in [0.5, 0.6) is 0 Å².